The molecule has 0 aliphatic rings. The van der Waals surface area contributed by atoms with Gasteiger partial charge in [0.15, 0.2) is 0 Å². The third kappa shape index (κ3) is 2.58. The van der Waals surface area contributed by atoms with E-state index in [0.717, 1.165) is 11.4 Å². The highest BCUT2D eigenvalue weighted by Gasteiger charge is 2.21. The van der Waals surface area contributed by atoms with Crippen LogP contribution in [0.3, 0.4) is 0 Å². The lowest BCUT2D eigenvalue weighted by molar-refractivity contribution is 0.567. The van der Waals surface area contributed by atoms with Crippen molar-refractivity contribution in [2.24, 2.45) is 5.73 Å². The molecule has 0 amide bonds. The Kier molecular flexibility index (Phi) is 3.35. The summed E-state index contributed by atoms with van der Waals surface area (Å²) < 4.78 is 0. The lowest BCUT2D eigenvalue weighted by atomic mass is 9.91. The zero-order valence-corrected chi connectivity index (χ0v) is 11.3. The van der Waals surface area contributed by atoms with E-state index in [2.05, 4.69) is 54.5 Å². The van der Waals surface area contributed by atoms with Crippen LogP contribution in [0.15, 0.2) is 23.6 Å². The second-order valence-corrected chi connectivity index (χ2v) is 6.24. The largest absolute Gasteiger partial charge is 0.329 e. The summed E-state index contributed by atoms with van der Waals surface area (Å²) in [7, 11) is 0. The molecule has 2 aromatic heterocycles. The van der Waals surface area contributed by atoms with Crippen LogP contribution in [0.5, 0.6) is 0 Å². The first-order valence-corrected chi connectivity index (χ1v) is 6.69. The summed E-state index contributed by atoms with van der Waals surface area (Å²) in [5.74, 6) is 0.235. The number of nitrogens with zero attached hydrogens (tertiary/aromatic N) is 1. The molecule has 0 aromatic carbocycles. The van der Waals surface area contributed by atoms with E-state index >= 15 is 0 Å². The number of aromatic nitrogens is 2. The van der Waals surface area contributed by atoms with Crippen LogP contribution in [-0.4, -0.2) is 16.7 Å². The minimum Gasteiger partial charge on any atom is -0.329 e. The summed E-state index contributed by atoms with van der Waals surface area (Å²) in [6.45, 7) is 7.09. The Balaban J connectivity index is 2.30. The first-order valence-electron chi connectivity index (χ1n) is 5.81. The van der Waals surface area contributed by atoms with E-state index in [1.54, 1.807) is 11.3 Å². The van der Waals surface area contributed by atoms with Crippen molar-refractivity contribution in [2.45, 2.75) is 32.1 Å². The summed E-state index contributed by atoms with van der Waals surface area (Å²) in [4.78, 5) is 1.29. The number of aromatic amines is 1. The van der Waals surface area contributed by atoms with E-state index in [1.165, 1.54) is 4.88 Å². The van der Waals surface area contributed by atoms with Crippen LogP contribution in [-0.2, 0) is 5.41 Å². The van der Waals surface area contributed by atoms with Gasteiger partial charge in [-0.3, -0.25) is 5.10 Å². The number of hydrogen-bond donors (Lipinski definition) is 2. The average molecular weight is 249 g/mol. The van der Waals surface area contributed by atoms with Crippen molar-refractivity contribution in [2.75, 3.05) is 6.54 Å². The Hall–Kier alpha value is -1.13. The predicted octanol–water partition coefficient (Wildman–Crippen LogP) is 2.86. The van der Waals surface area contributed by atoms with Crippen molar-refractivity contribution in [1.29, 1.82) is 0 Å². The van der Waals surface area contributed by atoms with Gasteiger partial charge in [0, 0.05) is 28.4 Å². The van der Waals surface area contributed by atoms with Gasteiger partial charge in [-0.1, -0.05) is 26.8 Å². The molecule has 0 saturated carbocycles. The predicted molar refractivity (Wildman–Crippen MR) is 72.5 cm³/mol. The molecule has 3 nitrogen and oxygen atoms in total. The van der Waals surface area contributed by atoms with E-state index in [0.29, 0.717) is 6.54 Å². The molecule has 1 atom stereocenters. The Morgan fingerprint density at radius 2 is 2.24 bits per heavy atom. The summed E-state index contributed by atoms with van der Waals surface area (Å²) in [5.41, 5.74) is 8.14. The van der Waals surface area contributed by atoms with Gasteiger partial charge >= 0.3 is 0 Å². The molecule has 0 saturated heterocycles. The third-order valence-electron chi connectivity index (χ3n) is 2.86. The topological polar surface area (TPSA) is 54.7 Å². The second-order valence-electron chi connectivity index (χ2n) is 5.26. The van der Waals surface area contributed by atoms with Crippen LogP contribution >= 0.6 is 11.3 Å². The Labute approximate surface area is 106 Å². The normalized spacial score (nSPS) is 13.9. The quantitative estimate of drug-likeness (QED) is 0.879. The molecule has 2 rings (SSSR count). The molecule has 3 N–H and O–H groups in total. The maximum Gasteiger partial charge on any atom is 0.0678 e. The van der Waals surface area contributed by atoms with Crippen LogP contribution in [0, 0.1) is 0 Å². The van der Waals surface area contributed by atoms with Crippen molar-refractivity contribution >= 4 is 11.3 Å². The van der Waals surface area contributed by atoms with E-state index in [1.807, 2.05) is 0 Å². The number of H-pyrrole nitrogens is 1. The van der Waals surface area contributed by atoms with Crippen LogP contribution in [0.1, 0.15) is 43.0 Å². The molecule has 0 fully saturated rings. The maximum atomic E-state index is 5.87. The molecule has 2 heterocycles. The molecule has 2 aromatic rings. The molecule has 17 heavy (non-hydrogen) atoms. The van der Waals surface area contributed by atoms with Gasteiger partial charge in [0.2, 0.25) is 0 Å². The van der Waals surface area contributed by atoms with Gasteiger partial charge in [-0.2, -0.15) is 5.10 Å². The Morgan fingerprint density at radius 1 is 1.47 bits per heavy atom. The minimum absolute atomic E-state index is 0.0728. The van der Waals surface area contributed by atoms with Gasteiger partial charge in [0.1, 0.15) is 0 Å². The monoisotopic (exact) mass is 249 g/mol. The van der Waals surface area contributed by atoms with Crippen LogP contribution in [0.4, 0.5) is 0 Å². The average Bonchev–Trinajstić information content (AvgIpc) is 2.87. The van der Waals surface area contributed by atoms with Crippen LogP contribution in [0.2, 0.25) is 0 Å². The molecule has 0 aliphatic heterocycles. The molecular weight excluding hydrogens is 230 g/mol. The molecule has 4 heteroatoms. The van der Waals surface area contributed by atoms with Gasteiger partial charge in [-0.25, -0.2) is 0 Å². The molecule has 0 aliphatic carbocycles. The summed E-state index contributed by atoms with van der Waals surface area (Å²) in [6, 6.07) is 6.32. The zero-order valence-electron chi connectivity index (χ0n) is 10.5. The zero-order chi connectivity index (χ0) is 12.5. The van der Waals surface area contributed by atoms with Gasteiger partial charge < -0.3 is 5.73 Å². The first-order chi connectivity index (χ1) is 8.02. The fraction of sp³-hybridized carbons (Fsp3) is 0.462. The van der Waals surface area contributed by atoms with Gasteiger partial charge in [-0.15, -0.1) is 11.3 Å². The summed E-state index contributed by atoms with van der Waals surface area (Å²) >= 11 is 1.74. The maximum absolute atomic E-state index is 5.87. The molecule has 0 radical (unpaired) electrons. The second kappa shape index (κ2) is 4.63. The standard InChI is InChI=1S/C13H19N3S/c1-13(2,3)12-7-10(15-16-12)9(8-14)11-5-4-6-17-11/h4-7,9H,8,14H2,1-3H3,(H,15,16). The first kappa shape index (κ1) is 12.3. The van der Waals surface area contributed by atoms with Gasteiger partial charge in [0.05, 0.1) is 5.69 Å². The minimum atomic E-state index is 0.0728. The fourth-order valence-electron chi connectivity index (χ4n) is 1.79. The smallest absolute Gasteiger partial charge is 0.0678 e. The molecule has 92 valence electrons. The van der Waals surface area contributed by atoms with Gasteiger partial charge in [-0.05, 0) is 17.5 Å². The third-order valence-corrected chi connectivity index (χ3v) is 3.85. The van der Waals surface area contributed by atoms with Crippen molar-refractivity contribution in [1.82, 2.24) is 10.2 Å². The molecule has 0 bridgehead atoms. The Morgan fingerprint density at radius 3 is 2.71 bits per heavy atom. The number of thiophene rings is 1. The molecule has 1 unspecified atom stereocenters. The van der Waals surface area contributed by atoms with E-state index in [-0.39, 0.29) is 11.3 Å². The fourth-order valence-corrected chi connectivity index (χ4v) is 2.64. The summed E-state index contributed by atoms with van der Waals surface area (Å²) in [5, 5.41) is 9.60. The highest BCUT2D eigenvalue weighted by Crippen LogP contribution is 2.29. The van der Waals surface area contributed by atoms with Crippen LogP contribution in [0.25, 0.3) is 0 Å². The van der Waals surface area contributed by atoms with E-state index < -0.39 is 0 Å². The Bertz CT molecular complexity index is 465. The lowest BCUT2D eigenvalue weighted by Crippen LogP contribution is -2.13. The number of nitrogens with one attached hydrogen (secondary N) is 1. The molecular formula is C13H19N3S. The van der Waals surface area contributed by atoms with Crippen molar-refractivity contribution in [3.63, 3.8) is 0 Å². The van der Waals surface area contributed by atoms with Crippen molar-refractivity contribution < 1.29 is 0 Å². The van der Waals surface area contributed by atoms with Crippen molar-refractivity contribution in [3.8, 4) is 0 Å². The highest BCUT2D eigenvalue weighted by atomic mass is 32.1. The number of nitrogens with two attached hydrogens (primary N) is 1. The SMILES string of the molecule is CC(C)(C)c1cc(C(CN)c2cccs2)[nH]n1. The van der Waals surface area contributed by atoms with Gasteiger partial charge in [0.25, 0.3) is 0 Å². The highest BCUT2D eigenvalue weighted by molar-refractivity contribution is 7.10. The van der Waals surface area contributed by atoms with E-state index in [4.69, 9.17) is 5.73 Å². The van der Waals surface area contributed by atoms with E-state index in [9.17, 15) is 0 Å². The van der Waals surface area contributed by atoms with Crippen molar-refractivity contribution in [3.05, 3.63) is 39.8 Å². The number of rotatable bonds is 3. The lowest BCUT2D eigenvalue weighted by Gasteiger charge is -2.14. The molecule has 0 spiro atoms. The van der Waals surface area contributed by atoms with Crippen LogP contribution < -0.4 is 5.73 Å². The number of hydrogen-bond acceptors (Lipinski definition) is 3. The summed E-state index contributed by atoms with van der Waals surface area (Å²) in [6.07, 6.45) is 0.